The van der Waals surface area contributed by atoms with Gasteiger partial charge in [-0.2, -0.15) is 0 Å². The molecule has 0 radical (unpaired) electrons. The van der Waals surface area contributed by atoms with Gasteiger partial charge in [-0.25, -0.2) is 0 Å². The molecule has 0 bridgehead atoms. The van der Waals surface area contributed by atoms with E-state index in [-0.39, 0.29) is 5.41 Å². The van der Waals surface area contributed by atoms with Crippen molar-refractivity contribution in [3.05, 3.63) is 216 Å². The first-order valence-electron chi connectivity index (χ1n) is 20.3. The second-order valence-corrected chi connectivity index (χ2v) is 15.7. The maximum absolute atomic E-state index is 4.78. The van der Waals surface area contributed by atoms with Crippen molar-refractivity contribution in [1.29, 1.82) is 0 Å². The van der Waals surface area contributed by atoms with Crippen LogP contribution in [0.3, 0.4) is 0 Å². The fourth-order valence-corrected chi connectivity index (χ4v) is 10.3. The second-order valence-electron chi connectivity index (χ2n) is 15.7. The van der Waals surface area contributed by atoms with Crippen molar-refractivity contribution in [2.75, 3.05) is 0 Å². The summed E-state index contributed by atoms with van der Waals surface area (Å²) >= 11 is 0. The Bertz CT molecular complexity index is 3150. The molecule has 1 atom stereocenters. The van der Waals surface area contributed by atoms with Gasteiger partial charge in [0.2, 0.25) is 0 Å². The predicted molar refractivity (Wildman–Crippen MR) is 236 cm³/mol. The first-order valence-corrected chi connectivity index (χ1v) is 20.3. The Labute approximate surface area is 332 Å². The van der Waals surface area contributed by atoms with Gasteiger partial charge in [0.1, 0.15) is 0 Å². The third-order valence-corrected chi connectivity index (χ3v) is 12.8. The van der Waals surface area contributed by atoms with E-state index in [0.29, 0.717) is 0 Å². The van der Waals surface area contributed by atoms with Crippen LogP contribution in [0.5, 0.6) is 0 Å². The average molecular weight is 730 g/mol. The Morgan fingerprint density at radius 1 is 0.509 bits per heavy atom. The number of aromatic nitrogens is 3. The van der Waals surface area contributed by atoms with Crippen molar-refractivity contribution in [3.63, 3.8) is 0 Å². The predicted octanol–water partition coefficient (Wildman–Crippen LogP) is 13.3. The fourth-order valence-electron chi connectivity index (χ4n) is 10.3. The number of para-hydroxylation sites is 1. The second kappa shape index (κ2) is 12.5. The lowest BCUT2D eigenvalue weighted by molar-refractivity contribution is 0.752. The number of allylic oxidation sites excluding steroid dienone is 5. The van der Waals surface area contributed by atoms with Crippen molar-refractivity contribution < 1.29 is 0 Å². The van der Waals surface area contributed by atoms with E-state index in [1.165, 1.54) is 83.1 Å². The minimum Gasteiger partial charge on any atom is -0.309 e. The van der Waals surface area contributed by atoms with E-state index >= 15 is 0 Å². The largest absolute Gasteiger partial charge is 0.309 e. The Hall–Kier alpha value is -6.97. The summed E-state index contributed by atoms with van der Waals surface area (Å²) in [5, 5.41) is 2.55. The van der Waals surface area contributed by atoms with Gasteiger partial charge in [-0.3, -0.25) is 4.98 Å². The monoisotopic (exact) mass is 729 g/mol. The number of fused-ring (bicyclic) bond motifs is 9. The number of hydrogen-bond donors (Lipinski definition) is 0. The summed E-state index contributed by atoms with van der Waals surface area (Å²) in [6.07, 6.45) is 17.9. The summed E-state index contributed by atoms with van der Waals surface area (Å²) in [5.74, 6) is 0. The van der Waals surface area contributed by atoms with Gasteiger partial charge in [0.25, 0.3) is 0 Å². The first kappa shape index (κ1) is 32.3. The molecule has 3 heterocycles. The van der Waals surface area contributed by atoms with E-state index in [1.807, 2.05) is 12.3 Å². The van der Waals surface area contributed by atoms with Crippen LogP contribution in [0.4, 0.5) is 0 Å². The first-order chi connectivity index (χ1) is 28.3. The third-order valence-electron chi connectivity index (χ3n) is 12.8. The van der Waals surface area contributed by atoms with Crippen LogP contribution in [-0.2, 0) is 11.8 Å². The molecule has 6 aromatic carbocycles. The molecule has 9 aromatic rings. The lowest BCUT2D eigenvalue weighted by Gasteiger charge is -2.35. The molecule has 3 nitrogen and oxygen atoms in total. The molecular formula is C54H39N3. The summed E-state index contributed by atoms with van der Waals surface area (Å²) in [7, 11) is 0. The average Bonchev–Trinajstić information content (AvgIpc) is 3.90. The standard InChI is InChI=1S/C54H39N3/c1-3-14-38(15-4-1)54(39-16-5-2-6-17-39)47-21-10-7-18-42(47)45-35-52-46(34-48(45)54)43-19-8-11-22-49(43)57(52)41-31-27-37(28-32-41)36-25-29-40(30-26-36)56-50-23-12-9-20-44(50)53-51(56)24-13-33-55-53/h1,3-5,7-8,10-19,21-35H,2,6,9,20H2. The van der Waals surface area contributed by atoms with Crippen molar-refractivity contribution >= 4 is 38.9 Å². The van der Waals surface area contributed by atoms with Crippen molar-refractivity contribution in [2.24, 2.45) is 0 Å². The zero-order valence-corrected chi connectivity index (χ0v) is 31.6. The minimum absolute atomic E-state index is 0.389. The molecule has 57 heavy (non-hydrogen) atoms. The van der Waals surface area contributed by atoms with Gasteiger partial charge in [-0.1, -0.05) is 121 Å². The summed E-state index contributed by atoms with van der Waals surface area (Å²) in [5.41, 5.74) is 19.7. The third kappa shape index (κ3) is 4.63. The molecule has 3 heteroatoms. The molecule has 0 saturated heterocycles. The van der Waals surface area contributed by atoms with Crippen LogP contribution in [0, 0.1) is 0 Å². The Morgan fingerprint density at radius 3 is 2.04 bits per heavy atom. The summed E-state index contributed by atoms with van der Waals surface area (Å²) in [6, 6.07) is 56.5. The van der Waals surface area contributed by atoms with Gasteiger partial charge in [0.05, 0.1) is 33.2 Å². The Kier molecular flexibility index (Phi) is 7.10. The molecule has 0 N–H and O–H groups in total. The highest BCUT2D eigenvalue weighted by atomic mass is 15.0. The van der Waals surface area contributed by atoms with Gasteiger partial charge >= 0.3 is 0 Å². The van der Waals surface area contributed by atoms with Gasteiger partial charge in [0.15, 0.2) is 0 Å². The summed E-state index contributed by atoms with van der Waals surface area (Å²) in [6.45, 7) is 0. The molecule has 1 unspecified atom stereocenters. The molecule has 0 aliphatic heterocycles. The normalized spacial score (nSPS) is 16.9. The van der Waals surface area contributed by atoms with Crippen LogP contribution in [-0.4, -0.2) is 14.1 Å². The maximum atomic E-state index is 4.78. The van der Waals surface area contributed by atoms with E-state index in [0.717, 1.165) is 42.6 Å². The van der Waals surface area contributed by atoms with Crippen LogP contribution in [0.1, 0.15) is 47.2 Å². The van der Waals surface area contributed by atoms with E-state index in [2.05, 4.69) is 185 Å². The van der Waals surface area contributed by atoms with Gasteiger partial charge < -0.3 is 9.13 Å². The van der Waals surface area contributed by atoms with Crippen LogP contribution in [0.15, 0.2) is 188 Å². The van der Waals surface area contributed by atoms with Crippen molar-refractivity contribution in [2.45, 2.75) is 31.1 Å². The quantitative estimate of drug-likeness (QED) is 0.173. The zero-order valence-electron chi connectivity index (χ0n) is 31.6. The SMILES string of the molecule is C1=CC(C2(c3ccccc3)c3ccccc3-c3cc4c(cc32)c2ccccc2n4-c2ccc(-c3ccc(-n4c5c(c6ncccc64)CCC=C5)cc3)cc2)=CCC1. The molecule has 12 rings (SSSR count). The highest BCUT2D eigenvalue weighted by Gasteiger charge is 2.47. The van der Waals surface area contributed by atoms with Gasteiger partial charge in [0, 0.05) is 33.9 Å². The minimum atomic E-state index is -0.389. The highest BCUT2D eigenvalue weighted by Crippen LogP contribution is 2.58. The van der Waals surface area contributed by atoms with E-state index in [4.69, 9.17) is 4.98 Å². The smallest absolute Gasteiger partial charge is 0.0923 e. The van der Waals surface area contributed by atoms with Crippen molar-refractivity contribution in [1.82, 2.24) is 14.1 Å². The molecule has 0 spiro atoms. The van der Waals surface area contributed by atoms with Crippen LogP contribution in [0.2, 0.25) is 0 Å². The Morgan fingerprint density at radius 2 is 1.23 bits per heavy atom. The number of pyridine rings is 1. The molecule has 0 fully saturated rings. The van der Waals surface area contributed by atoms with Crippen molar-refractivity contribution in [3.8, 4) is 33.6 Å². The molecule has 3 aliphatic carbocycles. The maximum Gasteiger partial charge on any atom is 0.0923 e. The topological polar surface area (TPSA) is 22.8 Å². The van der Waals surface area contributed by atoms with Gasteiger partial charge in [-0.15, -0.1) is 0 Å². The zero-order chi connectivity index (χ0) is 37.5. The number of rotatable bonds is 5. The molecule has 0 amide bonds. The van der Waals surface area contributed by atoms with Gasteiger partial charge in [-0.05, 0) is 131 Å². The van der Waals surface area contributed by atoms with Crippen LogP contribution >= 0.6 is 0 Å². The lowest BCUT2D eigenvalue weighted by Crippen LogP contribution is -2.29. The summed E-state index contributed by atoms with van der Waals surface area (Å²) < 4.78 is 4.83. The van der Waals surface area contributed by atoms with E-state index in [1.54, 1.807) is 0 Å². The molecule has 270 valence electrons. The number of benzene rings is 6. The highest BCUT2D eigenvalue weighted by molar-refractivity contribution is 6.12. The number of nitrogens with zero attached hydrogens (tertiary/aromatic N) is 3. The van der Waals surface area contributed by atoms with E-state index in [9.17, 15) is 0 Å². The number of hydrogen-bond acceptors (Lipinski definition) is 1. The summed E-state index contributed by atoms with van der Waals surface area (Å²) in [4.78, 5) is 4.78. The fraction of sp³-hybridized carbons (Fsp3) is 0.0926. The lowest BCUT2D eigenvalue weighted by atomic mass is 9.66. The van der Waals surface area contributed by atoms with E-state index < -0.39 is 0 Å². The molecule has 0 saturated carbocycles. The van der Waals surface area contributed by atoms with Crippen LogP contribution < -0.4 is 0 Å². The number of aryl methyl sites for hydroxylation is 1. The molecule has 3 aliphatic rings. The Balaban J connectivity index is 0.992. The molecule has 3 aromatic heterocycles. The van der Waals surface area contributed by atoms with Crippen LogP contribution in [0.25, 0.3) is 72.5 Å². The molecular weight excluding hydrogens is 691 g/mol.